The molecular weight excluding hydrogens is 291 g/mol. The minimum Gasteiger partial charge on any atom is -0.322 e. The van der Waals surface area contributed by atoms with Gasteiger partial charge in [0.15, 0.2) is 0 Å². The number of hydrogen-bond acceptors (Lipinski definition) is 2. The number of hydrogen-bond donors (Lipinski definition) is 1. The van der Waals surface area contributed by atoms with Gasteiger partial charge in [-0.15, -0.1) is 0 Å². The van der Waals surface area contributed by atoms with Crippen molar-refractivity contribution in [2.24, 2.45) is 11.8 Å². The number of nitrogens with zero attached hydrogens (tertiary/aromatic N) is 1. The third-order valence-electron chi connectivity index (χ3n) is 4.01. The van der Waals surface area contributed by atoms with Crippen molar-refractivity contribution in [1.82, 2.24) is 4.90 Å². The van der Waals surface area contributed by atoms with Crippen molar-refractivity contribution in [3.8, 4) is 0 Å². The lowest BCUT2D eigenvalue weighted by molar-refractivity contribution is -0.121. The summed E-state index contributed by atoms with van der Waals surface area (Å²) in [4.78, 5) is 14.5. The Balaban J connectivity index is 2.02. The van der Waals surface area contributed by atoms with Crippen molar-refractivity contribution < 1.29 is 9.18 Å². The molecule has 5 heteroatoms. The van der Waals surface area contributed by atoms with Crippen molar-refractivity contribution in [2.75, 3.05) is 18.4 Å². The lowest BCUT2D eigenvalue weighted by Crippen LogP contribution is -2.48. The molecule has 0 aromatic heterocycles. The summed E-state index contributed by atoms with van der Waals surface area (Å²) in [6.07, 6.45) is 1.19. The number of anilines is 1. The summed E-state index contributed by atoms with van der Waals surface area (Å²) in [5, 5.41) is 2.97. The first kappa shape index (κ1) is 16.2. The molecule has 116 valence electrons. The molecule has 2 rings (SSSR count). The van der Waals surface area contributed by atoms with E-state index < -0.39 is 5.82 Å². The van der Waals surface area contributed by atoms with Crippen molar-refractivity contribution in [2.45, 2.75) is 33.2 Å². The minimum absolute atomic E-state index is 0.175. The smallest absolute Gasteiger partial charge is 0.241 e. The topological polar surface area (TPSA) is 32.3 Å². The molecule has 1 aromatic carbocycles. The highest BCUT2D eigenvalue weighted by atomic mass is 35.5. The molecule has 1 aliphatic rings. The molecule has 1 N–H and O–H groups in total. The Morgan fingerprint density at radius 1 is 1.38 bits per heavy atom. The molecule has 1 amide bonds. The Hall–Kier alpha value is -1.13. The van der Waals surface area contributed by atoms with Gasteiger partial charge in [-0.3, -0.25) is 9.69 Å². The fourth-order valence-corrected chi connectivity index (χ4v) is 3.18. The fourth-order valence-electron chi connectivity index (χ4n) is 3.02. The number of likely N-dealkylation sites (tertiary alicyclic amines) is 1. The largest absolute Gasteiger partial charge is 0.322 e. The summed E-state index contributed by atoms with van der Waals surface area (Å²) in [5.74, 6) is 0.466. The molecular formula is C16H22ClFN2O. The van der Waals surface area contributed by atoms with Crippen molar-refractivity contribution in [1.29, 1.82) is 0 Å². The first-order valence-corrected chi connectivity index (χ1v) is 7.74. The van der Waals surface area contributed by atoms with Crippen LogP contribution in [0.2, 0.25) is 5.02 Å². The maximum Gasteiger partial charge on any atom is 0.241 e. The zero-order chi connectivity index (χ0) is 15.6. The second-order valence-corrected chi connectivity index (χ2v) is 6.63. The van der Waals surface area contributed by atoms with Crippen LogP contribution in [0.3, 0.4) is 0 Å². The van der Waals surface area contributed by atoms with Gasteiger partial charge >= 0.3 is 0 Å². The highest BCUT2D eigenvalue weighted by Crippen LogP contribution is 2.24. The van der Waals surface area contributed by atoms with E-state index in [9.17, 15) is 9.18 Å². The fraction of sp³-hybridized carbons (Fsp3) is 0.562. The quantitative estimate of drug-likeness (QED) is 0.921. The van der Waals surface area contributed by atoms with E-state index in [1.54, 1.807) is 6.07 Å². The maximum absolute atomic E-state index is 13.7. The van der Waals surface area contributed by atoms with Crippen LogP contribution in [-0.4, -0.2) is 29.9 Å². The van der Waals surface area contributed by atoms with Gasteiger partial charge in [0.2, 0.25) is 5.91 Å². The zero-order valence-electron chi connectivity index (χ0n) is 12.7. The van der Waals surface area contributed by atoms with Gasteiger partial charge in [0.25, 0.3) is 0 Å². The van der Waals surface area contributed by atoms with Gasteiger partial charge in [-0.2, -0.15) is 0 Å². The van der Waals surface area contributed by atoms with Gasteiger partial charge < -0.3 is 5.32 Å². The number of amides is 1. The van der Waals surface area contributed by atoms with Gasteiger partial charge in [-0.05, 0) is 43.4 Å². The summed E-state index contributed by atoms with van der Waals surface area (Å²) in [5.41, 5.74) is 0.175. The number of nitrogens with one attached hydrogen (secondary N) is 1. The van der Waals surface area contributed by atoms with Gasteiger partial charge in [0, 0.05) is 18.1 Å². The van der Waals surface area contributed by atoms with E-state index in [0.29, 0.717) is 16.9 Å². The summed E-state index contributed by atoms with van der Waals surface area (Å²) >= 11 is 5.71. The zero-order valence-corrected chi connectivity index (χ0v) is 13.5. The van der Waals surface area contributed by atoms with Crippen molar-refractivity contribution >= 4 is 23.2 Å². The Kier molecular flexibility index (Phi) is 5.22. The van der Waals surface area contributed by atoms with Crippen LogP contribution in [0.25, 0.3) is 0 Å². The lowest BCUT2D eigenvalue weighted by Gasteiger charge is -2.38. The molecule has 0 unspecified atom stereocenters. The molecule has 1 saturated heterocycles. The number of halogens is 2. The standard InChI is InChI=1S/C16H22ClFN2O/c1-10-6-11(2)9-20(8-10)12(3)16(21)19-15-5-4-13(17)7-14(15)18/h4-5,7,10-12H,6,8-9H2,1-3H3,(H,19,21)/t10-,11-,12-/m0/s1. The van der Waals surface area contributed by atoms with E-state index >= 15 is 0 Å². The predicted octanol–water partition coefficient (Wildman–Crippen LogP) is 3.78. The molecule has 3 nitrogen and oxygen atoms in total. The van der Waals surface area contributed by atoms with E-state index in [-0.39, 0.29) is 17.6 Å². The highest BCUT2D eigenvalue weighted by molar-refractivity contribution is 6.30. The molecule has 1 heterocycles. The molecule has 0 aliphatic carbocycles. The Labute approximate surface area is 130 Å². The van der Waals surface area contributed by atoms with Crippen molar-refractivity contribution in [3.63, 3.8) is 0 Å². The number of carbonyl (C=O) groups excluding carboxylic acids is 1. The Morgan fingerprint density at radius 3 is 2.57 bits per heavy atom. The molecule has 1 fully saturated rings. The van der Waals surface area contributed by atoms with Crippen LogP contribution in [0.4, 0.5) is 10.1 Å². The third kappa shape index (κ3) is 4.17. The van der Waals surface area contributed by atoms with E-state index in [2.05, 4.69) is 24.1 Å². The van der Waals surface area contributed by atoms with Crippen LogP contribution in [0.1, 0.15) is 27.2 Å². The molecule has 1 aliphatic heterocycles. The van der Waals surface area contributed by atoms with Crippen LogP contribution < -0.4 is 5.32 Å². The van der Waals surface area contributed by atoms with Crippen LogP contribution in [0.15, 0.2) is 18.2 Å². The van der Waals surface area contributed by atoms with E-state index in [1.165, 1.54) is 18.6 Å². The average Bonchev–Trinajstić information content (AvgIpc) is 2.40. The summed E-state index contributed by atoms with van der Waals surface area (Å²) in [6, 6.07) is 3.98. The van der Waals surface area contributed by atoms with Gasteiger partial charge in [-0.25, -0.2) is 4.39 Å². The summed E-state index contributed by atoms with van der Waals surface area (Å²) < 4.78 is 13.7. The van der Waals surface area contributed by atoms with Crippen LogP contribution in [-0.2, 0) is 4.79 Å². The SMILES string of the molecule is C[C@H]1C[C@H](C)CN([C@@H](C)C(=O)Nc2ccc(Cl)cc2F)C1. The average molecular weight is 313 g/mol. The molecule has 3 atom stereocenters. The van der Waals surface area contributed by atoms with Gasteiger partial charge in [0.05, 0.1) is 11.7 Å². The monoisotopic (exact) mass is 312 g/mol. The van der Waals surface area contributed by atoms with Crippen LogP contribution in [0.5, 0.6) is 0 Å². The summed E-state index contributed by atoms with van der Waals surface area (Å²) in [7, 11) is 0. The first-order valence-electron chi connectivity index (χ1n) is 7.36. The lowest BCUT2D eigenvalue weighted by atomic mass is 9.91. The molecule has 1 aromatic rings. The van der Waals surface area contributed by atoms with Crippen molar-refractivity contribution in [3.05, 3.63) is 29.0 Å². The van der Waals surface area contributed by atoms with E-state index in [1.807, 2.05) is 6.92 Å². The molecule has 0 radical (unpaired) electrons. The third-order valence-corrected chi connectivity index (χ3v) is 4.25. The predicted molar refractivity (Wildman–Crippen MR) is 84.0 cm³/mol. The Morgan fingerprint density at radius 2 is 2.00 bits per heavy atom. The minimum atomic E-state index is -0.511. The maximum atomic E-state index is 13.7. The highest BCUT2D eigenvalue weighted by Gasteiger charge is 2.29. The summed E-state index contributed by atoms with van der Waals surface area (Å²) in [6.45, 7) is 8.08. The second-order valence-electron chi connectivity index (χ2n) is 6.19. The van der Waals surface area contributed by atoms with Crippen LogP contribution in [0, 0.1) is 17.7 Å². The number of piperidine rings is 1. The van der Waals surface area contributed by atoms with E-state index in [0.717, 1.165) is 13.1 Å². The first-order chi connectivity index (χ1) is 9.86. The normalized spacial score (nSPS) is 24.6. The Bertz CT molecular complexity index is 513. The molecule has 0 spiro atoms. The number of benzene rings is 1. The molecule has 0 saturated carbocycles. The van der Waals surface area contributed by atoms with Crippen LogP contribution >= 0.6 is 11.6 Å². The van der Waals surface area contributed by atoms with Gasteiger partial charge in [0.1, 0.15) is 5.82 Å². The molecule has 0 bridgehead atoms. The second kappa shape index (κ2) is 6.75. The van der Waals surface area contributed by atoms with Gasteiger partial charge in [-0.1, -0.05) is 25.4 Å². The van der Waals surface area contributed by atoms with E-state index in [4.69, 9.17) is 11.6 Å². The molecule has 21 heavy (non-hydrogen) atoms. The number of rotatable bonds is 3. The number of carbonyl (C=O) groups is 1.